The lowest BCUT2D eigenvalue weighted by atomic mass is 9.80. The van der Waals surface area contributed by atoms with Crippen LogP contribution in [-0.2, 0) is 0 Å². The summed E-state index contributed by atoms with van der Waals surface area (Å²) in [4.78, 5) is 2.20. The van der Waals surface area contributed by atoms with Crippen LogP contribution in [0, 0.1) is 11.3 Å². The zero-order valence-electron chi connectivity index (χ0n) is 9.59. The van der Waals surface area contributed by atoms with Gasteiger partial charge in [0.1, 0.15) is 6.17 Å². The van der Waals surface area contributed by atoms with Gasteiger partial charge in [-0.1, -0.05) is 20.8 Å². The monoisotopic (exact) mass is 202 g/mol. The van der Waals surface area contributed by atoms with E-state index in [4.69, 9.17) is 5.73 Å². The average Bonchev–Trinajstić information content (AvgIpc) is 2.51. The Kier molecular flexibility index (Phi) is 3.90. The first kappa shape index (κ1) is 11.9. The molecule has 1 rings (SSSR count). The van der Waals surface area contributed by atoms with Gasteiger partial charge in [0.2, 0.25) is 0 Å². The van der Waals surface area contributed by atoms with Crippen LogP contribution in [0.25, 0.3) is 0 Å². The van der Waals surface area contributed by atoms with Crippen LogP contribution in [0.5, 0.6) is 0 Å². The minimum absolute atomic E-state index is 0.149. The lowest BCUT2D eigenvalue weighted by molar-refractivity contribution is 0.193. The summed E-state index contributed by atoms with van der Waals surface area (Å²) in [5.41, 5.74) is 5.62. The molecule has 0 spiro atoms. The molecule has 1 heterocycles. The van der Waals surface area contributed by atoms with Gasteiger partial charge in [-0.15, -0.1) is 0 Å². The maximum atomic E-state index is 13.0. The largest absolute Gasteiger partial charge is 0.328 e. The van der Waals surface area contributed by atoms with E-state index in [1.54, 1.807) is 0 Å². The first-order valence-electron chi connectivity index (χ1n) is 5.50. The Morgan fingerprint density at radius 1 is 1.50 bits per heavy atom. The van der Waals surface area contributed by atoms with Crippen molar-refractivity contribution in [1.29, 1.82) is 0 Å². The smallest absolute Gasteiger partial charge is 0.125 e. The molecular weight excluding hydrogens is 179 g/mol. The van der Waals surface area contributed by atoms with Gasteiger partial charge in [0, 0.05) is 19.6 Å². The van der Waals surface area contributed by atoms with Gasteiger partial charge in [0.05, 0.1) is 0 Å². The molecule has 0 aliphatic carbocycles. The highest BCUT2D eigenvalue weighted by molar-refractivity contribution is 4.84. The van der Waals surface area contributed by atoms with Crippen molar-refractivity contribution in [1.82, 2.24) is 4.90 Å². The molecule has 14 heavy (non-hydrogen) atoms. The van der Waals surface area contributed by atoms with Gasteiger partial charge >= 0.3 is 0 Å². The van der Waals surface area contributed by atoms with Crippen LogP contribution in [0.15, 0.2) is 0 Å². The van der Waals surface area contributed by atoms with Gasteiger partial charge in [-0.25, -0.2) is 4.39 Å². The van der Waals surface area contributed by atoms with Gasteiger partial charge in [-0.2, -0.15) is 0 Å². The molecule has 1 fully saturated rings. The molecule has 1 aliphatic rings. The number of nitrogens with zero attached hydrogens (tertiary/aromatic N) is 1. The van der Waals surface area contributed by atoms with E-state index < -0.39 is 6.17 Å². The third-order valence-electron chi connectivity index (χ3n) is 3.21. The maximum Gasteiger partial charge on any atom is 0.125 e. The number of hydrogen-bond donors (Lipinski definition) is 1. The van der Waals surface area contributed by atoms with E-state index >= 15 is 0 Å². The summed E-state index contributed by atoms with van der Waals surface area (Å²) in [5, 5.41) is 0. The molecule has 0 aromatic heterocycles. The Balaban J connectivity index is 2.34. The van der Waals surface area contributed by atoms with Crippen molar-refractivity contribution in [3.05, 3.63) is 0 Å². The Morgan fingerprint density at radius 2 is 2.14 bits per heavy atom. The molecule has 1 saturated heterocycles. The number of hydrogen-bond acceptors (Lipinski definition) is 2. The number of nitrogens with two attached hydrogens (primary N) is 1. The van der Waals surface area contributed by atoms with Crippen molar-refractivity contribution in [3.8, 4) is 0 Å². The second kappa shape index (κ2) is 4.58. The second-order valence-electron chi connectivity index (χ2n) is 5.44. The summed E-state index contributed by atoms with van der Waals surface area (Å²) in [6, 6.07) is 0. The summed E-state index contributed by atoms with van der Waals surface area (Å²) >= 11 is 0. The third kappa shape index (κ3) is 3.21. The molecule has 0 saturated carbocycles. The van der Waals surface area contributed by atoms with Gasteiger partial charge in [0.25, 0.3) is 0 Å². The standard InChI is InChI=1S/C11H23FN2/c1-11(2,3)9-4-5-14(7-9)8-10(12)6-13/h9-10H,4-8,13H2,1-3H3. The summed E-state index contributed by atoms with van der Waals surface area (Å²) in [6.07, 6.45) is 0.342. The first-order valence-corrected chi connectivity index (χ1v) is 5.50. The van der Waals surface area contributed by atoms with Crippen LogP contribution in [0.2, 0.25) is 0 Å². The molecule has 3 heteroatoms. The van der Waals surface area contributed by atoms with E-state index in [9.17, 15) is 4.39 Å². The van der Waals surface area contributed by atoms with Crippen molar-refractivity contribution < 1.29 is 4.39 Å². The van der Waals surface area contributed by atoms with Crippen molar-refractivity contribution in [2.75, 3.05) is 26.2 Å². The van der Waals surface area contributed by atoms with E-state index in [-0.39, 0.29) is 6.54 Å². The SMILES string of the molecule is CC(C)(C)C1CCN(CC(F)CN)C1. The van der Waals surface area contributed by atoms with Crippen LogP contribution in [-0.4, -0.2) is 37.3 Å². The molecule has 84 valence electrons. The molecule has 0 aromatic carbocycles. The van der Waals surface area contributed by atoms with Crippen LogP contribution < -0.4 is 5.73 Å². The molecule has 2 N–H and O–H groups in total. The summed E-state index contributed by atoms with van der Waals surface area (Å²) in [5.74, 6) is 0.701. The van der Waals surface area contributed by atoms with Crippen LogP contribution >= 0.6 is 0 Å². The molecule has 0 aromatic rings. The van der Waals surface area contributed by atoms with E-state index in [1.165, 1.54) is 6.42 Å². The lowest BCUT2D eigenvalue weighted by Crippen LogP contribution is -2.33. The zero-order valence-corrected chi connectivity index (χ0v) is 9.59. The summed E-state index contributed by atoms with van der Waals surface area (Å²) < 4.78 is 13.0. The normalized spacial score (nSPS) is 26.8. The molecule has 0 radical (unpaired) electrons. The van der Waals surface area contributed by atoms with Crippen molar-refractivity contribution in [2.45, 2.75) is 33.4 Å². The summed E-state index contributed by atoms with van der Waals surface area (Å²) in [6.45, 7) is 9.51. The highest BCUT2D eigenvalue weighted by Gasteiger charge is 2.32. The van der Waals surface area contributed by atoms with Crippen molar-refractivity contribution in [3.63, 3.8) is 0 Å². The highest BCUT2D eigenvalue weighted by Crippen LogP contribution is 2.33. The van der Waals surface area contributed by atoms with Gasteiger partial charge in [0.15, 0.2) is 0 Å². The minimum atomic E-state index is -0.853. The Hall–Kier alpha value is -0.150. The number of alkyl halides is 1. The van der Waals surface area contributed by atoms with Crippen molar-refractivity contribution in [2.24, 2.45) is 17.1 Å². The van der Waals surface area contributed by atoms with E-state index in [1.807, 2.05) is 0 Å². The first-order chi connectivity index (χ1) is 6.43. The van der Waals surface area contributed by atoms with Crippen LogP contribution in [0.4, 0.5) is 4.39 Å². The molecule has 1 aliphatic heterocycles. The Morgan fingerprint density at radius 3 is 2.57 bits per heavy atom. The van der Waals surface area contributed by atoms with E-state index in [0.29, 0.717) is 17.9 Å². The zero-order chi connectivity index (χ0) is 10.8. The molecular formula is C11H23FN2. The van der Waals surface area contributed by atoms with Gasteiger partial charge in [-0.05, 0) is 24.3 Å². The van der Waals surface area contributed by atoms with E-state index in [0.717, 1.165) is 13.1 Å². The minimum Gasteiger partial charge on any atom is -0.328 e. The van der Waals surface area contributed by atoms with Crippen molar-refractivity contribution >= 4 is 0 Å². The summed E-state index contributed by atoms with van der Waals surface area (Å²) in [7, 11) is 0. The number of halogens is 1. The predicted octanol–water partition coefficient (Wildman–Crippen LogP) is 1.65. The fraction of sp³-hybridized carbons (Fsp3) is 1.00. The average molecular weight is 202 g/mol. The predicted molar refractivity (Wildman–Crippen MR) is 58.0 cm³/mol. The molecule has 0 bridgehead atoms. The van der Waals surface area contributed by atoms with Crippen LogP contribution in [0.3, 0.4) is 0 Å². The highest BCUT2D eigenvalue weighted by atomic mass is 19.1. The topological polar surface area (TPSA) is 29.3 Å². The molecule has 0 amide bonds. The third-order valence-corrected chi connectivity index (χ3v) is 3.21. The Labute approximate surface area is 86.6 Å². The van der Waals surface area contributed by atoms with Crippen LogP contribution in [0.1, 0.15) is 27.2 Å². The fourth-order valence-electron chi connectivity index (χ4n) is 2.06. The van der Waals surface area contributed by atoms with Gasteiger partial charge in [-0.3, -0.25) is 0 Å². The Bertz CT molecular complexity index is 177. The molecule has 2 unspecified atom stereocenters. The van der Waals surface area contributed by atoms with Gasteiger partial charge < -0.3 is 10.6 Å². The van der Waals surface area contributed by atoms with E-state index in [2.05, 4.69) is 25.7 Å². The quantitative estimate of drug-likeness (QED) is 0.754. The lowest BCUT2D eigenvalue weighted by Gasteiger charge is -2.27. The number of likely N-dealkylation sites (tertiary alicyclic amines) is 1. The number of rotatable bonds is 3. The molecule has 2 atom stereocenters. The fourth-order valence-corrected chi connectivity index (χ4v) is 2.06. The molecule has 2 nitrogen and oxygen atoms in total. The second-order valence-corrected chi connectivity index (χ2v) is 5.44. The maximum absolute atomic E-state index is 13.0.